The molecule has 15 heteroatoms. The Balaban J connectivity index is 5.49. The van der Waals surface area contributed by atoms with Gasteiger partial charge in [0.1, 0.15) is 18.1 Å². The quantitative estimate of drug-likeness (QED) is 0.0463. The minimum absolute atomic E-state index is 0.0686. The monoisotopic (exact) mass is 529 g/mol. The van der Waals surface area contributed by atoms with Crippen molar-refractivity contribution in [1.82, 2.24) is 16.0 Å². The average molecular weight is 530 g/mol. The van der Waals surface area contributed by atoms with E-state index >= 15 is 0 Å². The molecule has 0 aliphatic carbocycles. The van der Waals surface area contributed by atoms with Gasteiger partial charge in [0.05, 0.1) is 12.5 Å². The number of unbranched alkanes of at least 4 members (excludes halogenated alkanes) is 1. The second-order valence-corrected chi connectivity index (χ2v) is 8.84. The number of nitrogens with zero attached hydrogens (tertiary/aromatic N) is 1. The van der Waals surface area contributed by atoms with Crippen molar-refractivity contribution in [2.45, 2.75) is 83.0 Å². The van der Waals surface area contributed by atoms with E-state index in [1.165, 1.54) is 0 Å². The van der Waals surface area contributed by atoms with Gasteiger partial charge >= 0.3 is 5.97 Å². The van der Waals surface area contributed by atoms with Crippen LogP contribution in [0.25, 0.3) is 0 Å². The summed E-state index contributed by atoms with van der Waals surface area (Å²) < 4.78 is 0. The number of aliphatic carboxylic acids is 1. The molecule has 0 aromatic carbocycles. The number of carboxylic acids is 1. The lowest BCUT2D eigenvalue weighted by Gasteiger charge is -2.28. The Bertz CT molecular complexity index is 804. The maximum absolute atomic E-state index is 13.2. The molecule has 0 heterocycles. The summed E-state index contributed by atoms with van der Waals surface area (Å²) in [6.45, 7) is 4.24. The zero-order valence-corrected chi connectivity index (χ0v) is 21.6. The van der Waals surface area contributed by atoms with Gasteiger partial charge in [-0.05, 0) is 44.6 Å². The fourth-order valence-electron chi connectivity index (χ4n) is 3.31. The molecule has 0 rings (SSSR count). The van der Waals surface area contributed by atoms with Crippen LogP contribution >= 0.6 is 0 Å². The molecule has 0 aromatic heterocycles. The van der Waals surface area contributed by atoms with Crippen LogP contribution in [0.1, 0.15) is 58.8 Å². The van der Waals surface area contributed by atoms with Crippen molar-refractivity contribution in [3.63, 3.8) is 0 Å². The summed E-state index contributed by atoms with van der Waals surface area (Å²) in [5, 5.41) is 16.8. The summed E-state index contributed by atoms with van der Waals surface area (Å²) in [4.78, 5) is 65.1. The number of primary amides is 1. The van der Waals surface area contributed by atoms with E-state index in [9.17, 15) is 29.1 Å². The molecule has 0 aliphatic rings. The van der Waals surface area contributed by atoms with Gasteiger partial charge in [0.2, 0.25) is 23.6 Å². The van der Waals surface area contributed by atoms with Crippen molar-refractivity contribution in [2.75, 3.05) is 13.1 Å². The van der Waals surface area contributed by atoms with Crippen LogP contribution in [0.15, 0.2) is 4.99 Å². The summed E-state index contributed by atoms with van der Waals surface area (Å²) >= 11 is 0. The number of aliphatic imine (C=N–C) groups is 1. The van der Waals surface area contributed by atoms with Crippen LogP contribution in [0.3, 0.4) is 0 Å². The number of carbonyl (C=O) groups is 5. The maximum Gasteiger partial charge on any atom is 0.326 e. The number of hydrogen-bond donors (Lipinski definition) is 9. The van der Waals surface area contributed by atoms with Gasteiger partial charge in [0.15, 0.2) is 5.96 Å². The van der Waals surface area contributed by atoms with Crippen molar-refractivity contribution in [3.05, 3.63) is 0 Å². The van der Waals surface area contributed by atoms with Gasteiger partial charge < -0.3 is 49.7 Å². The van der Waals surface area contributed by atoms with Crippen LogP contribution in [-0.4, -0.2) is 77.9 Å². The van der Waals surface area contributed by atoms with E-state index < -0.39 is 60.2 Å². The van der Waals surface area contributed by atoms with E-state index in [0.29, 0.717) is 38.8 Å². The van der Waals surface area contributed by atoms with Crippen LogP contribution in [0.2, 0.25) is 0 Å². The Morgan fingerprint density at radius 2 is 1.49 bits per heavy atom. The number of guanidine groups is 1. The Morgan fingerprint density at radius 1 is 0.865 bits per heavy atom. The molecule has 0 saturated heterocycles. The molecular weight excluding hydrogens is 486 g/mol. The topological polar surface area (TPSA) is 284 Å². The average Bonchev–Trinajstić information content (AvgIpc) is 2.82. The molecule has 4 amide bonds. The Labute approximate surface area is 216 Å². The highest BCUT2D eigenvalue weighted by molar-refractivity contribution is 5.95. The van der Waals surface area contributed by atoms with Crippen LogP contribution < -0.4 is 44.6 Å². The molecule has 5 atom stereocenters. The number of amides is 4. The summed E-state index contributed by atoms with van der Waals surface area (Å²) in [6.07, 6.45) is 1.82. The SMILES string of the molecule is CCC(C)C(NC(=O)C(N)CCCN=C(N)N)C(=O)NC(CCCCN)C(=O)NC(CC(N)=O)C(=O)O. The van der Waals surface area contributed by atoms with E-state index in [1.807, 2.05) is 6.92 Å². The first-order chi connectivity index (χ1) is 17.3. The Hall–Kier alpha value is -3.46. The van der Waals surface area contributed by atoms with Crippen LogP contribution in [0.4, 0.5) is 0 Å². The number of nitrogens with one attached hydrogen (secondary N) is 3. The van der Waals surface area contributed by atoms with Gasteiger partial charge in [0, 0.05) is 6.54 Å². The fraction of sp³-hybridized carbons (Fsp3) is 0.727. The summed E-state index contributed by atoms with van der Waals surface area (Å²) in [5.74, 6) is -4.73. The Morgan fingerprint density at radius 3 is 2.00 bits per heavy atom. The van der Waals surface area contributed by atoms with Gasteiger partial charge in [-0.15, -0.1) is 0 Å². The molecule has 0 fully saturated rings. The number of nitrogens with two attached hydrogens (primary N) is 5. The van der Waals surface area contributed by atoms with E-state index in [0.717, 1.165) is 0 Å². The molecule has 5 unspecified atom stereocenters. The molecule has 0 aromatic rings. The second-order valence-electron chi connectivity index (χ2n) is 8.84. The number of rotatable bonds is 19. The van der Waals surface area contributed by atoms with Crippen molar-refractivity contribution in [1.29, 1.82) is 0 Å². The molecular formula is C22H43N9O6. The smallest absolute Gasteiger partial charge is 0.326 e. The van der Waals surface area contributed by atoms with Crippen LogP contribution in [0.5, 0.6) is 0 Å². The lowest BCUT2D eigenvalue weighted by Crippen LogP contribution is -2.58. The Kier molecular flexibility index (Phi) is 16.2. The number of carbonyl (C=O) groups excluding carboxylic acids is 4. The predicted octanol–water partition coefficient (Wildman–Crippen LogP) is -3.04. The molecule has 14 N–H and O–H groups in total. The van der Waals surface area contributed by atoms with Gasteiger partial charge in [-0.2, -0.15) is 0 Å². The van der Waals surface area contributed by atoms with E-state index in [4.69, 9.17) is 28.7 Å². The van der Waals surface area contributed by atoms with Crippen LogP contribution in [-0.2, 0) is 24.0 Å². The summed E-state index contributed by atoms with van der Waals surface area (Å²) in [7, 11) is 0. The highest BCUT2D eigenvalue weighted by Crippen LogP contribution is 2.11. The lowest BCUT2D eigenvalue weighted by atomic mass is 9.96. The molecule has 0 bridgehead atoms. The molecule has 0 radical (unpaired) electrons. The molecule has 37 heavy (non-hydrogen) atoms. The van der Waals surface area contributed by atoms with Crippen LogP contribution in [0, 0.1) is 5.92 Å². The van der Waals surface area contributed by atoms with Crippen molar-refractivity contribution < 1.29 is 29.1 Å². The summed E-state index contributed by atoms with van der Waals surface area (Å²) in [5.41, 5.74) is 27.1. The minimum atomic E-state index is -1.55. The van der Waals surface area contributed by atoms with Crippen molar-refractivity contribution >= 4 is 35.6 Å². The van der Waals surface area contributed by atoms with E-state index in [1.54, 1.807) is 6.92 Å². The zero-order chi connectivity index (χ0) is 28.5. The van der Waals surface area contributed by atoms with Crippen molar-refractivity contribution in [2.24, 2.45) is 39.6 Å². The highest BCUT2D eigenvalue weighted by atomic mass is 16.4. The normalized spacial score (nSPS) is 14.8. The maximum atomic E-state index is 13.2. The summed E-state index contributed by atoms with van der Waals surface area (Å²) in [6, 6.07) is -4.61. The van der Waals surface area contributed by atoms with Gasteiger partial charge in [-0.25, -0.2) is 4.79 Å². The van der Waals surface area contributed by atoms with E-state index in [-0.39, 0.29) is 24.7 Å². The fourth-order valence-corrected chi connectivity index (χ4v) is 3.31. The van der Waals surface area contributed by atoms with Crippen molar-refractivity contribution in [3.8, 4) is 0 Å². The molecule has 0 spiro atoms. The minimum Gasteiger partial charge on any atom is -0.480 e. The largest absolute Gasteiger partial charge is 0.480 e. The first-order valence-corrected chi connectivity index (χ1v) is 12.3. The third kappa shape index (κ3) is 14.0. The predicted molar refractivity (Wildman–Crippen MR) is 137 cm³/mol. The van der Waals surface area contributed by atoms with Gasteiger partial charge in [0.25, 0.3) is 0 Å². The lowest BCUT2D eigenvalue weighted by molar-refractivity contribution is -0.143. The third-order valence-corrected chi connectivity index (χ3v) is 5.70. The molecule has 15 nitrogen and oxygen atoms in total. The highest BCUT2D eigenvalue weighted by Gasteiger charge is 2.32. The van der Waals surface area contributed by atoms with E-state index in [2.05, 4.69) is 20.9 Å². The zero-order valence-electron chi connectivity index (χ0n) is 21.6. The molecule has 0 aliphatic heterocycles. The number of hydrogen-bond acceptors (Lipinski definition) is 8. The molecule has 212 valence electrons. The number of carboxylic acid groups (broad SMARTS) is 1. The standard InChI is InChI=1S/C22H43N9O6/c1-3-12(2)17(31-18(33)13(24)7-6-10-28-22(26)27)20(35)29-14(8-4-5-9-23)19(34)30-15(21(36)37)11-16(25)32/h12-15,17H,3-11,23-24H2,1-2H3,(H2,25,32)(H,29,35)(H,30,34)(H,31,33)(H,36,37)(H4,26,27,28). The van der Waals surface area contributed by atoms with Gasteiger partial charge in [-0.3, -0.25) is 24.2 Å². The second kappa shape index (κ2) is 17.9. The third-order valence-electron chi connectivity index (χ3n) is 5.70. The molecule has 0 saturated carbocycles. The first-order valence-electron chi connectivity index (χ1n) is 12.3. The first kappa shape index (κ1) is 33.5. The van der Waals surface area contributed by atoms with Gasteiger partial charge in [-0.1, -0.05) is 20.3 Å².